The minimum absolute atomic E-state index is 0.0261. The molecule has 0 spiro atoms. The molecule has 0 saturated carbocycles. The van der Waals surface area contributed by atoms with E-state index in [9.17, 15) is 14.4 Å². The number of carbonyl (C=O) groups excluding carboxylic acids is 2. The maximum absolute atomic E-state index is 11.9. The SMILES string of the molecule is CC(Cc1ccccc1N1CC(=O)NCC1=O)C(=O)O. The lowest BCUT2D eigenvalue weighted by molar-refractivity contribution is -0.141. The number of benzene rings is 1. The highest BCUT2D eigenvalue weighted by molar-refractivity contribution is 6.04. The van der Waals surface area contributed by atoms with E-state index >= 15 is 0 Å². The molecule has 0 aliphatic carbocycles. The van der Waals surface area contributed by atoms with Gasteiger partial charge >= 0.3 is 5.97 Å². The summed E-state index contributed by atoms with van der Waals surface area (Å²) in [5, 5.41) is 11.5. The number of carbonyl (C=O) groups is 3. The van der Waals surface area contributed by atoms with E-state index in [4.69, 9.17) is 5.11 Å². The number of nitrogens with one attached hydrogen (secondary N) is 1. The summed E-state index contributed by atoms with van der Waals surface area (Å²) in [4.78, 5) is 35.7. The first-order chi connectivity index (χ1) is 9.49. The van der Waals surface area contributed by atoms with Crippen molar-refractivity contribution in [3.63, 3.8) is 0 Å². The summed E-state index contributed by atoms with van der Waals surface area (Å²) in [6.07, 6.45) is 0.316. The van der Waals surface area contributed by atoms with Crippen LogP contribution in [0.3, 0.4) is 0 Å². The van der Waals surface area contributed by atoms with Gasteiger partial charge < -0.3 is 15.3 Å². The molecule has 6 nitrogen and oxygen atoms in total. The van der Waals surface area contributed by atoms with Crippen molar-refractivity contribution in [3.05, 3.63) is 29.8 Å². The van der Waals surface area contributed by atoms with Gasteiger partial charge in [-0.25, -0.2) is 0 Å². The van der Waals surface area contributed by atoms with Crippen LogP contribution in [0.1, 0.15) is 12.5 Å². The van der Waals surface area contributed by atoms with Crippen LogP contribution in [0.2, 0.25) is 0 Å². The fourth-order valence-corrected chi connectivity index (χ4v) is 2.14. The minimum Gasteiger partial charge on any atom is -0.481 e. The summed E-state index contributed by atoms with van der Waals surface area (Å²) in [5.74, 6) is -1.85. The smallest absolute Gasteiger partial charge is 0.306 e. The maximum atomic E-state index is 11.9. The monoisotopic (exact) mass is 276 g/mol. The number of hydrogen-bond acceptors (Lipinski definition) is 3. The lowest BCUT2D eigenvalue weighted by atomic mass is 9.99. The Hall–Kier alpha value is -2.37. The first kappa shape index (κ1) is 14.0. The number of nitrogens with zero attached hydrogens (tertiary/aromatic N) is 1. The predicted molar refractivity (Wildman–Crippen MR) is 72.3 cm³/mol. The van der Waals surface area contributed by atoms with Crippen LogP contribution in [-0.2, 0) is 20.8 Å². The lowest BCUT2D eigenvalue weighted by Crippen LogP contribution is -2.52. The highest BCUT2D eigenvalue weighted by atomic mass is 16.4. The van der Waals surface area contributed by atoms with Gasteiger partial charge in [0, 0.05) is 5.69 Å². The third-order valence-electron chi connectivity index (χ3n) is 3.27. The van der Waals surface area contributed by atoms with Gasteiger partial charge in [0.05, 0.1) is 12.5 Å². The quantitative estimate of drug-likeness (QED) is 0.834. The maximum Gasteiger partial charge on any atom is 0.306 e. The van der Waals surface area contributed by atoms with Crippen molar-refractivity contribution in [2.45, 2.75) is 13.3 Å². The second kappa shape index (κ2) is 5.73. The molecule has 1 aromatic carbocycles. The van der Waals surface area contributed by atoms with Crippen LogP contribution in [0.25, 0.3) is 0 Å². The van der Waals surface area contributed by atoms with Crippen molar-refractivity contribution >= 4 is 23.5 Å². The van der Waals surface area contributed by atoms with Crippen LogP contribution in [0.4, 0.5) is 5.69 Å². The van der Waals surface area contributed by atoms with Gasteiger partial charge in [-0.05, 0) is 18.1 Å². The average molecular weight is 276 g/mol. The predicted octanol–water partition coefficient (Wildman–Crippen LogP) is 0.413. The van der Waals surface area contributed by atoms with Crippen LogP contribution < -0.4 is 10.2 Å². The van der Waals surface area contributed by atoms with Crippen molar-refractivity contribution < 1.29 is 19.5 Å². The number of carboxylic acids is 1. The molecule has 0 bridgehead atoms. The third kappa shape index (κ3) is 2.96. The average Bonchev–Trinajstić information content (AvgIpc) is 2.42. The number of carboxylic acid groups (broad SMARTS) is 1. The molecule has 1 saturated heterocycles. The summed E-state index contributed by atoms with van der Waals surface area (Å²) < 4.78 is 0. The molecular formula is C14H16N2O4. The van der Waals surface area contributed by atoms with E-state index in [1.54, 1.807) is 31.2 Å². The van der Waals surface area contributed by atoms with Crippen LogP contribution in [0, 0.1) is 5.92 Å². The zero-order chi connectivity index (χ0) is 14.7. The van der Waals surface area contributed by atoms with Crippen LogP contribution in [-0.4, -0.2) is 36.0 Å². The molecule has 2 N–H and O–H groups in total. The van der Waals surface area contributed by atoms with Gasteiger partial charge in [0.2, 0.25) is 11.8 Å². The molecule has 0 radical (unpaired) electrons. The number of para-hydroxylation sites is 1. The Morgan fingerprint density at radius 1 is 1.40 bits per heavy atom. The van der Waals surface area contributed by atoms with Crippen molar-refractivity contribution in [3.8, 4) is 0 Å². The molecule has 6 heteroatoms. The van der Waals surface area contributed by atoms with Crippen molar-refractivity contribution in [2.24, 2.45) is 5.92 Å². The Kier molecular flexibility index (Phi) is 4.02. The van der Waals surface area contributed by atoms with Crippen LogP contribution in [0.15, 0.2) is 24.3 Å². The Morgan fingerprint density at radius 3 is 2.80 bits per heavy atom. The fraction of sp³-hybridized carbons (Fsp3) is 0.357. The summed E-state index contributed by atoms with van der Waals surface area (Å²) in [7, 11) is 0. The molecule has 1 fully saturated rings. The van der Waals surface area contributed by atoms with Gasteiger partial charge in [0.15, 0.2) is 0 Å². The van der Waals surface area contributed by atoms with Gasteiger partial charge in [-0.15, -0.1) is 0 Å². The molecule has 1 unspecified atom stereocenters. The first-order valence-corrected chi connectivity index (χ1v) is 6.37. The summed E-state index contributed by atoms with van der Waals surface area (Å²) in [5.41, 5.74) is 1.37. The minimum atomic E-state index is -0.887. The van der Waals surface area contributed by atoms with Gasteiger partial charge in [-0.1, -0.05) is 25.1 Å². The van der Waals surface area contributed by atoms with Gasteiger partial charge in [-0.3, -0.25) is 14.4 Å². The summed E-state index contributed by atoms with van der Waals surface area (Å²) in [6, 6.07) is 7.08. The molecule has 2 amide bonds. The third-order valence-corrected chi connectivity index (χ3v) is 3.27. The summed E-state index contributed by atoms with van der Waals surface area (Å²) >= 11 is 0. The molecule has 20 heavy (non-hydrogen) atoms. The van der Waals surface area contributed by atoms with E-state index in [1.165, 1.54) is 4.90 Å². The van der Waals surface area contributed by atoms with E-state index in [1.807, 2.05) is 0 Å². The fourth-order valence-electron chi connectivity index (χ4n) is 2.14. The second-order valence-electron chi connectivity index (χ2n) is 4.83. The molecule has 1 heterocycles. The Balaban J connectivity index is 2.29. The number of rotatable bonds is 4. The number of piperazine rings is 1. The number of anilines is 1. The molecule has 2 rings (SSSR count). The number of hydrogen-bond donors (Lipinski definition) is 2. The van der Waals surface area contributed by atoms with Crippen molar-refractivity contribution in [2.75, 3.05) is 18.0 Å². The number of amides is 2. The van der Waals surface area contributed by atoms with Crippen molar-refractivity contribution in [1.29, 1.82) is 0 Å². The lowest BCUT2D eigenvalue weighted by Gasteiger charge is -2.28. The molecule has 1 atom stereocenters. The second-order valence-corrected chi connectivity index (χ2v) is 4.83. The molecule has 1 aliphatic rings. The first-order valence-electron chi connectivity index (χ1n) is 6.37. The molecule has 0 aromatic heterocycles. The zero-order valence-corrected chi connectivity index (χ0v) is 11.1. The van der Waals surface area contributed by atoms with Gasteiger partial charge in [0.1, 0.15) is 6.54 Å². The van der Waals surface area contributed by atoms with Gasteiger partial charge in [0.25, 0.3) is 0 Å². The molecular weight excluding hydrogens is 260 g/mol. The van der Waals surface area contributed by atoms with E-state index in [-0.39, 0.29) is 24.9 Å². The van der Waals surface area contributed by atoms with Crippen LogP contribution in [0.5, 0.6) is 0 Å². The largest absolute Gasteiger partial charge is 0.481 e. The van der Waals surface area contributed by atoms with Crippen LogP contribution >= 0.6 is 0 Å². The van der Waals surface area contributed by atoms with Crippen molar-refractivity contribution in [1.82, 2.24) is 5.32 Å². The Labute approximate surface area is 116 Å². The topological polar surface area (TPSA) is 86.7 Å². The van der Waals surface area contributed by atoms with E-state index < -0.39 is 11.9 Å². The van der Waals surface area contributed by atoms with E-state index in [0.717, 1.165) is 5.56 Å². The van der Waals surface area contributed by atoms with E-state index in [2.05, 4.69) is 5.32 Å². The normalized spacial score (nSPS) is 16.8. The summed E-state index contributed by atoms with van der Waals surface area (Å²) in [6.45, 7) is 1.56. The Bertz CT molecular complexity index is 556. The highest BCUT2D eigenvalue weighted by Gasteiger charge is 2.26. The highest BCUT2D eigenvalue weighted by Crippen LogP contribution is 2.24. The standard InChI is InChI=1S/C14H16N2O4/c1-9(14(19)20)6-10-4-2-3-5-11(10)16-8-12(17)15-7-13(16)18/h2-5,9H,6-8H2,1H3,(H,15,17)(H,19,20). The molecule has 1 aromatic rings. The zero-order valence-electron chi connectivity index (χ0n) is 11.1. The molecule has 1 aliphatic heterocycles. The number of aliphatic carboxylic acids is 1. The van der Waals surface area contributed by atoms with Gasteiger partial charge in [-0.2, -0.15) is 0 Å². The Morgan fingerprint density at radius 2 is 2.10 bits per heavy atom. The van der Waals surface area contributed by atoms with E-state index in [0.29, 0.717) is 12.1 Å². The molecule has 106 valence electrons.